The lowest BCUT2D eigenvalue weighted by atomic mass is 10.0. The molecule has 5 heterocycles. The molecule has 0 spiro atoms. The molecular weight excluding hydrogens is 543 g/mol. The number of halogens is 3. The van der Waals surface area contributed by atoms with Gasteiger partial charge in [-0.05, 0) is 42.5 Å². The van der Waals surface area contributed by atoms with Gasteiger partial charge in [0.05, 0.1) is 40.2 Å². The maximum absolute atomic E-state index is 14.4. The van der Waals surface area contributed by atoms with Crippen molar-refractivity contribution in [3.8, 4) is 11.3 Å². The van der Waals surface area contributed by atoms with Crippen LogP contribution in [0.15, 0.2) is 73.1 Å². The first-order valence-corrected chi connectivity index (χ1v) is 13.6. The molecule has 7 rings (SSSR count). The molecule has 0 saturated carbocycles. The number of piperazine rings is 1. The van der Waals surface area contributed by atoms with Gasteiger partial charge in [0.15, 0.2) is 0 Å². The number of para-hydroxylation sites is 1. The number of fused-ring (bicyclic) bond motifs is 4. The predicted octanol–water partition coefficient (Wildman–Crippen LogP) is 5.98. The van der Waals surface area contributed by atoms with Crippen molar-refractivity contribution in [1.82, 2.24) is 25.2 Å². The van der Waals surface area contributed by atoms with Gasteiger partial charge in [-0.1, -0.05) is 18.2 Å². The minimum Gasteiger partial charge on any atom is -0.368 e. The number of benzene rings is 2. The molecule has 2 aromatic carbocycles. The van der Waals surface area contributed by atoms with Crippen LogP contribution in [0.25, 0.3) is 33.2 Å². The fraction of sp³-hybridized carbons (Fsp3) is 0.226. The molecular formula is C31H26F3N7O. The number of nitrogens with zero attached hydrogens (tertiary/aromatic N) is 6. The maximum atomic E-state index is 14.4. The summed E-state index contributed by atoms with van der Waals surface area (Å²) in [5.74, 6) is 0. The molecule has 0 bridgehead atoms. The summed E-state index contributed by atoms with van der Waals surface area (Å²) < 4.78 is 43.3. The Morgan fingerprint density at radius 1 is 0.905 bits per heavy atom. The van der Waals surface area contributed by atoms with Crippen molar-refractivity contribution in [3.05, 3.63) is 84.2 Å². The molecule has 3 aromatic heterocycles. The molecule has 1 N–H and O–H groups in total. The van der Waals surface area contributed by atoms with Crippen LogP contribution < -0.4 is 15.1 Å². The number of alkyl halides is 3. The minimum absolute atomic E-state index is 0.106. The highest BCUT2D eigenvalue weighted by molar-refractivity contribution is 6.08. The van der Waals surface area contributed by atoms with Gasteiger partial charge < -0.3 is 15.1 Å². The lowest BCUT2D eigenvalue weighted by molar-refractivity contribution is -0.137. The second kappa shape index (κ2) is 9.95. The van der Waals surface area contributed by atoms with Crippen LogP contribution in [0.4, 0.5) is 35.0 Å². The van der Waals surface area contributed by atoms with Crippen molar-refractivity contribution in [2.45, 2.75) is 12.7 Å². The highest BCUT2D eigenvalue weighted by Gasteiger charge is 2.38. The third-order valence-electron chi connectivity index (χ3n) is 7.80. The zero-order chi connectivity index (χ0) is 29.0. The summed E-state index contributed by atoms with van der Waals surface area (Å²) in [5.41, 5.74) is 3.77. The number of urea groups is 1. The first kappa shape index (κ1) is 26.1. The van der Waals surface area contributed by atoms with Crippen LogP contribution in [0.2, 0.25) is 0 Å². The Bertz CT molecular complexity index is 1850. The van der Waals surface area contributed by atoms with Gasteiger partial charge in [0.1, 0.15) is 5.52 Å². The molecule has 0 aliphatic carbocycles. The van der Waals surface area contributed by atoms with Crippen LogP contribution in [0.5, 0.6) is 0 Å². The van der Waals surface area contributed by atoms with E-state index >= 15 is 0 Å². The fourth-order valence-electron chi connectivity index (χ4n) is 5.73. The third kappa shape index (κ3) is 4.46. The first-order chi connectivity index (χ1) is 20.3. The molecule has 2 aliphatic rings. The summed E-state index contributed by atoms with van der Waals surface area (Å²) >= 11 is 0. The second-order valence-electron chi connectivity index (χ2n) is 10.5. The summed E-state index contributed by atoms with van der Waals surface area (Å²) in [4.78, 5) is 32.2. The minimum atomic E-state index is -4.61. The average molecular weight is 570 g/mol. The number of aromatic nitrogens is 3. The number of anilines is 3. The maximum Gasteiger partial charge on any atom is 0.418 e. The lowest BCUT2D eigenvalue weighted by Gasteiger charge is -2.36. The van der Waals surface area contributed by atoms with Gasteiger partial charge in [-0.15, -0.1) is 0 Å². The van der Waals surface area contributed by atoms with Crippen molar-refractivity contribution in [2.24, 2.45) is 0 Å². The molecule has 5 aromatic rings. The third-order valence-corrected chi connectivity index (χ3v) is 7.80. The second-order valence-corrected chi connectivity index (χ2v) is 10.5. The molecule has 2 amide bonds. The van der Waals surface area contributed by atoms with Crippen molar-refractivity contribution in [3.63, 3.8) is 0 Å². The Labute approximate surface area is 239 Å². The SMILES string of the molecule is CN1Cc2cnc3ccc(-c4cnc5ccccc5c4)nc3c2N(c2ccc(N3CCNCC3)c(C(F)(F)F)c2)C1=O. The lowest BCUT2D eigenvalue weighted by Crippen LogP contribution is -2.44. The highest BCUT2D eigenvalue weighted by atomic mass is 19.4. The van der Waals surface area contributed by atoms with Gasteiger partial charge in [0, 0.05) is 67.8 Å². The molecule has 212 valence electrons. The van der Waals surface area contributed by atoms with Crippen LogP contribution in [-0.2, 0) is 12.7 Å². The monoisotopic (exact) mass is 569 g/mol. The van der Waals surface area contributed by atoms with Crippen LogP contribution in [0.3, 0.4) is 0 Å². The fourth-order valence-corrected chi connectivity index (χ4v) is 5.73. The summed E-state index contributed by atoms with van der Waals surface area (Å²) in [6.07, 6.45) is -1.22. The Hall–Kier alpha value is -4.77. The highest BCUT2D eigenvalue weighted by Crippen LogP contribution is 2.44. The standard InChI is InChI=1S/C31H26F3N7O/c1-39-18-21-17-37-26-8-7-25(20-14-19-4-2-3-5-24(19)36-16-20)38-28(26)29(21)41(30(39)42)22-6-9-27(23(15-22)31(32,33)34)40-12-10-35-11-13-40/h2-9,14-17,35H,10-13,18H2,1H3. The van der Waals surface area contributed by atoms with E-state index in [0.717, 1.165) is 22.5 Å². The van der Waals surface area contributed by atoms with Gasteiger partial charge >= 0.3 is 12.2 Å². The summed E-state index contributed by atoms with van der Waals surface area (Å²) in [6.45, 7) is 2.37. The predicted molar refractivity (Wildman–Crippen MR) is 156 cm³/mol. The number of carbonyl (C=O) groups excluding carboxylic acids is 1. The zero-order valence-corrected chi connectivity index (χ0v) is 22.7. The smallest absolute Gasteiger partial charge is 0.368 e. The number of carbonyl (C=O) groups is 1. The van der Waals surface area contributed by atoms with E-state index in [1.54, 1.807) is 30.4 Å². The van der Waals surface area contributed by atoms with Gasteiger partial charge in [-0.3, -0.25) is 14.9 Å². The van der Waals surface area contributed by atoms with E-state index in [-0.39, 0.29) is 17.9 Å². The van der Waals surface area contributed by atoms with Gasteiger partial charge in [0.25, 0.3) is 0 Å². The summed E-state index contributed by atoms with van der Waals surface area (Å²) in [5, 5.41) is 4.12. The number of rotatable bonds is 3. The molecule has 1 saturated heterocycles. The average Bonchev–Trinajstić information content (AvgIpc) is 3.01. The normalized spacial score (nSPS) is 15.9. The Kier molecular flexibility index (Phi) is 6.19. The number of pyridine rings is 3. The molecule has 0 unspecified atom stereocenters. The number of hydrogen-bond donors (Lipinski definition) is 1. The molecule has 11 heteroatoms. The van der Waals surface area contributed by atoms with Gasteiger partial charge in [-0.25, -0.2) is 9.78 Å². The molecule has 0 atom stereocenters. The molecule has 2 aliphatic heterocycles. The van der Waals surface area contributed by atoms with Crippen LogP contribution >= 0.6 is 0 Å². The quantitative estimate of drug-likeness (QED) is 0.288. The Morgan fingerprint density at radius 2 is 1.69 bits per heavy atom. The van der Waals surface area contributed by atoms with Crippen molar-refractivity contribution in [2.75, 3.05) is 43.0 Å². The zero-order valence-electron chi connectivity index (χ0n) is 22.7. The van der Waals surface area contributed by atoms with E-state index in [0.29, 0.717) is 54.2 Å². The van der Waals surface area contributed by atoms with E-state index in [9.17, 15) is 18.0 Å². The van der Waals surface area contributed by atoms with E-state index < -0.39 is 17.8 Å². The van der Waals surface area contributed by atoms with E-state index in [4.69, 9.17) is 4.98 Å². The largest absolute Gasteiger partial charge is 0.418 e. The van der Waals surface area contributed by atoms with Crippen LogP contribution in [-0.4, -0.2) is 59.1 Å². The molecule has 1 fully saturated rings. The summed E-state index contributed by atoms with van der Waals surface area (Å²) in [6, 6.07) is 17.0. The van der Waals surface area contributed by atoms with E-state index in [1.807, 2.05) is 42.5 Å². The number of hydrogen-bond acceptors (Lipinski definition) is 6. The van der Waals surface area contributed by atoms with Crippen LogP contribution in [0, 0.1) is 0 Å². The van der Waals surface area contributed by atoms with E-state index in [1.165, 1.54) is 15.9 Å². The number of amides is 2. The number of nitrogens with one attached hydrogen (secondary N) is 1. The first-order valence-electron chi connectivity index (χ1n) is 13.6. The van der Waals surface area contributed by atoms with Gasteiger partial charge in [0.2, 0.25) is 0 Å². The summed E-state index contributed by atoms with van der Waals surface area (Å²) in [7, 11) is 1.62. The van der Waals surface area contributed by atoms with Crippen molar-refractivity contribution >= 4 is 45.0 Å². The van der Waals surface area contributed by atoms with Gasteiger partial charge in [-0.2, -0.15) is 13.2 Å². The van der Waals surface area contributed by atoms with Crippen molar-refractivity contribution in [1.29, 1.82) is 0 Å². The molecule has 8 nitrogen and oxygen atoms in total. The van der Waals surface area contributed by atoms with Crippen LogP contribution in [0.1, 0.15) is 11.1 Å². The Balaban J connectivity index is 1.40. The van der Waals surface area contributed by atoms with E-state index in [2.05, 4.69) is 15.3 Å². The molecule has 0 radical (unpaired) electrons. The molecule has 42 heavy (non-hydrogen) atoms. The van der Waals surface area contributed by atoms with Crippen molar-refractivity contribution < 1.29 is 18.0 Å². The Morgan fingerprint density at radius 3 is 2.50 bits per heavy atom. The topological polar surface area (TPSA) is 77.5 Å².